The molecule has 1 atom stereocenters. The van der Waals surface area contributed by atoms with E-state index in [1.54, 1.807) is 12.1 Å². The zero-order chi connectivity index (χ0) is 16.2. The molecule has 1 aromatic carbocycles. The Kier molecular flexibility index (Phi) is 6.28. The van der Waals surface area contributed by atoms with Crippen LogP contribution in [-0.4, -0.2) is 51.5 Å². The van der Waals surface area contributed by atoms with Crippen molar-refractivity contribution in [3.8, 4) is 5.69 Å². The van der Waals surface area contributed by atoms with Crippen molar-refractivity contribution < 1.29 is 9.18 Å². The molecule has 2 aromatic rings. The van der Waals surface area contributed by atoms with Gasteiger partial charge in [0, 0.05) is 19.1 Å². The minimum atomic E-state index is -0.319. The van der Waals surface area contributed by atoms with E-state index >= 15 is 0 Å². The maximum atomic E-state index is 13.0. The fourth-order valence-corrected chi connectivity index (χ4v) is 2.80. The van der Waals surface area contributed by atoms with Crippen LogP contribution in [0.3, 0.4) is 0 Å². The van der Waals surface area contributed by atoms with Gasteiger partial charge >= 0.3 is 0 Å². The van der Waals surface area contributed by atoms with Crippen molar-refractivity contribution in [1.29, 1.82) is 0 Å². The summed E-state index contributed by atoms with van der Waals surface area (Å²) in [7, 11) is 0. The zero-order valence-electron chi connectivity index (χ0n) is 13.5. The maximum absolute atomic E-state index is 13.0. The molecule has 3 rings (SSSR count). The molecule has 1 amide bonds. The van der Waals surface area contributed by atoms with E-state index in [4.69, 9.17) is 0 Å². The van der Waals surface area contributed by atoms with Crippen molar-refractivity contribution >= 4 is 18.3 Å². The highest BCUT2D eigenvalue weighted by atomic mass is 35.5. The fourth-order valence-electron chi connectivity index (χ4n) is 2.80. The van der Waals surface area contributed by atoms with E-state index in [1.807, 2.05) is 4.90 Å². The average molecular weight is 354 g/mol. The van der Waals surface area contributed by atoms with Crippen LogP contribution in [-0.2, 0) is 0 Å². The van der Waals surface area contributed by atoms with Crippen LogP contribution in [0.2, 0.25) is 0 Å². The van der Waals surface area contributed by atoms with Crippen molar-refractivity contribution in [1.82, 2.24) is 25.2 Å². The molecule has 1 aromatic heterocycles. The lowest BCUT2D eigenvalue weighted by molar-refractivity contribution is 0.0685. The van der Waals surface area contributed by atoms with Crippen LogP contribution >= 0.6 is 12.4 Å². The lowest BCUT2D eigenvalue weighted by Crippen LogP contribution is -2.42. The number of amides is 1. The van der Waals surface area contributed by atoms with Gasteiger partial charge in [0.25, 0.3) is 5.91 Å². The lowest BCUT2D eigenvalue weighted by Gasteiger charge is -2.27. The normalized spacial score (nSPS) is 16.7. The van der Waals surface area contributed by atoms with Crippen LogP contribution in [0.4, 0.5) is 4.39 Å². The number of halogens is 2. The van der Waals surface area contributed by atoms with E-state index in [1.165, 1.54) is 23.1 Å². The van der Waals surface area contributed by atoms with Gasteiger partial charge in [-0.15, -0.1) is 17.5 Å². The quantitative estimate of drug-likeness (QED) is 0.893. The van der Waals surface area contributed by atoms with E-state index in [0.717, 1.165) is 25.9 Å². The third kappa shape index (κ3) is 3.91. The number of carbonyl (C=O) groups excluding carboxylic acids is 1. The van der Waals surface area contributed by atoms with Gasteiger partial charge in [-0.1, -0.05) is 6.92 Å². The Balaban J connectivity index is 0.00000208. The summed E-state index contributed by atoms with van der Waals surface area (Å²) in [4.78, 5) is 16.0. The van der Waals surface area contributed by atoms with E-state index in [9.17, 15) is 9.18 Å². The second-order valence-corrected chi connectivity index (χ2v) is 5.64. The maximum Gasteiger partial charge on any atom is 0.276 e. The Morgan fingerprint density at radius 2 is 2.17 bits per heavy atom. The predicted molar refractivity (Wildman–Crippen MR) is 91.2 cm³/mol. The number of hydrogen-bond donors (Lipinski definition) is 1. The molecular formula is C16H21ClFN5O. The third-order valence-electron chi connectivity index (χ3n) is 3.97. The Hall–Kier alpha value is -1.99. The average Bonchev–Trinajstić information content (AvgIpc) is 3.24. The van der Waals surface area contributed by atoms with Gasteiger partial charge in [0.15, 0.2) is 5.69 Å². The molecule has 1 fully saturated rings. The SMILES string of the molecule is CCCN(C(=O)c1cnn(-c2ccc(F)cc2)n1)C1CCNC1.Cl. The summed E-state index contributed by atoms with van der Waals surface area (Å²) in [5, 5.41) is 11.7. The highest BCUT2D eigenvalue weighted by Gasteiger charge is 2.28. The first kappa shape index (κ1) is 18.4. The molecule has 0 radical (unpaired) electrons. The fraction of sp³-hybridized carbons (Fsp3) is 0.438. The molecule has 0 spiro atoms. The number of nitrogens with one attached hydrogen (secondary N) is 1. The summed E-state index contributed by atoms with van der Waals surface area (Å²) < 4.78 is 13.0. The number of hydrogen-bond acceptors (Lipinski definition) is 4. The lowest BCUT2D eigenvalue weighted by atomic mass is 10.2. The number of rotatable bonds is 5. The summed E-state index contributed by atoms with van der Waals surface area (Å²) in [5.74, 6) is -0.422. The van der Waals surface area contributed by atoms with Crippen LogP contribution in [0.5, 0.6) is 0 Å². The third-order valence-corrected chi connectivity index (χ3v) is 3.97. The summed E-state index contributed by atoms with van der Waals surface area (Å²) in [6.07, 6.45) is 3.32. The molecular weight excluding hydrogens is 333 g/mol. The molecule has 130 valence electrons. The monoisotopic (exact) mass is 353 g/mol. The molecule has 0 aliphatic carbocycles. The first-order valence-electron chi connectivity index (χ1n) is 7.89. The van der Waals surface area contributed by atoms with Gasteiger partial charge in [-0.05, 0) is 43.7 Å². The van der Waals surface area contributed by atoms with Gasteiger partial charge in [0.2, 0.25) is 0 Å². The Morgan fingerprint density at radius 3 is 2.79 bits per heavy atom. The van der Waals surface area contributed by atoms with Gasteiger partial charge in [0.05, 0.1) is 11.9 Å². The van der Waals surface area contributed by atoms with Crippen molar-refractivity contribution in [2.75, 3.05) is 19.6 Å². The predicted octanol–water partition coefficient (Wildman–Crippen LogP) is 2.04. The molecule has 0 saturated carbocycles. The van der Waals surface area contributed by atoms with Crippen molar-refractivity contribution in [2.24, 2.45) is 0 Å². The van der Waals surface area contributed by atoms with Crippen molar-refractivity contribution in [3.05, 3.63) is 42.0 Å². The van der Waals surface area contributed by atoms with Crippen LogP contribution in [0.15, 0.2) is 30.5 Å². The number of aromatic nitrogens is 3. The van der Waals surface area contributed by atoms with Crippen molar-refractivity contribution in [3.63, 3.8) is 0 Å². The second kappa shape index (κ2) is 8.21. The molecule has 24 heavy (non-hydrogen) atoms. The highest BCUT2D eigenvalue weighted by molar-refractivity contribution is 5.92. The smallest absolute Gasteiger partial charge is 0.276 e. The summed E-state index contributed by atoms with van der Waals surface area (Å²) in [6, 6.07) is 6.04. The van der Waals surface area contributed by atoms with Crippen LogP contribution in [0, 0.1) is 5.82 Å². The summed E-state index contributed by atoms with van der Waals surface area (Å²) >= 11 is 0. The van der Waals surface area contributed by atoms with Crippen LogP contribution in [0.1, 0.15) is 30.3 Å². The molecule has 0 bridgehead atoms. The van der Waals surface area contributed by atoms with E-state index in [0.29, 0.717) is 17.9 Å². The number of nitrogens with zero attached hydrogens (tertiary/aromatic N) is 4. The van der Waals surface area contributed by atoms with Crippen LogP contribution in [0.25, 0.3) is 5.69 Å². The second-order valence-electron chi connectivity index (χ2n) is 5.64. The molecule has 1 N–H and O–H groups in total. The largest absolute Gasteiger partial charge is 0.333 e. The topological polar surface area (TPSA) is 63.1 Å². The van der Waals surface area contributed by atoms with Gasteiger partial charge < -0.3 is 10.2 Å². The highest BCUT2D eigenvalue weighted by Crippen LogP contribution is 2.14. The van der Waals surface area contributed by atoms with Gasteiger partial charge in [-0.2, -0.15) is 9.90 Å². The molecule has 8 heteroatoms. The zero-order valence-corrected chi connectivity index (χ0v) is 14.3. The minimum Gasteiger partial charge on any atom is -0.333 e. The van der Waals surface area contributed by atoms with Crippen molar-refractivity contribution in [2.45, 2.75) is 25.8 Å². The van der Waals surface area contributed by atoms with E-state index in [-0.39, 0.29) is 30.2 Å². The molecule has 1 aliphatic rings. The molecule has 1 unspecified atom stereocenters. The number of benzene rings is 1. The number of carbonyl (C=O) groups is 1. The van der Waals surface area contributed by atoms with Gasteiger partial charge in [-0.3, -0.25) is 4.79 Å². The Morgan fingerprint density at radius 1 is 1.42 bits per heavy atom. The van der Waals surface area contributed by atoms with Gasteiger partial charge in [0.1, 0.15) is 5.82 Å². The summed E-state index contributed by atoms with van der Waals surface area (Å²) in [5.41, 5.74) is 0.935. The summed E-state index contributed by atoms with van der Waals surface area (Å²) in [6.45, 7) is 4.50. The molecule has 1 aliphatic heterocycles. The molecule has 2 heterocycles. The minimum absolute atomic E-state index is 0. The van der Waals surface area contributed by atoms with E-state index < -0.39 is 0 Å². The van der Waals surface area contributed by atoms with Crippen LogP contribution < -0.4 is 5.32 Å². The first-order chi connectivity index (χ1) is 11.2. The van der Waals surface area contributed by atoms with E-state index in [2.05, 4.69) is 22.4 Å². The Bertz CT molecular complexity index is 669. The standard InChI is InChI=1S/C16H20FN5O.ClH/c1-2-9-21(14-7-8-18-10-14)16(23)15-11-19-22(20-15)13-5-3-12(17)4-6-13;/h3-6,11,14,18H,2,7-10H2,1H3;1H. The Labute approximate surface area is 146 Å². The molecule has 1 saturated heterocycles. The van der Waals surface area contributed by atoms with Gasteiger partial charge in [-0.25, -0.2) is 4.39 Å². The molecule has 6 nitrogen and oxygen atoms in total. The first-order valence-corrected chi connectivity index (χ1v) is 7.89.